The molecule has 3 heterocycles. The Kier molecular flexibility index (Phi) is 3.78. The van der Waals surface area contributed by atoms with Crippen molar-refractivity contribution in [3.8, 4) is 5.88 Å². The Hall–Kier alpha value is -1.63. The van der Waals surface area contributed by atoms with Crippen LogP contribution in [0.5, 0.6) is 5.88 Å². The van der Waals surface area contributed by atoms with Crippen LogP contribution in [0.15, 0.2) is 24.4 Å². The molecule has 1 aromatic rings. The number of aromatic nitrogens is 1. The van der Waals surface area contributed by atoms with Gasteiger partial charge in [-0.2, -0.15) is 0 Å². The minimum absolute atomic E-state index is 0.0741. The monoisotopic (exact) mass is 350 g/mol. The fourth-order valence-electron chi connectivity index (χ4n) is 4.00. The van der Waals surface area contributed by atoms with Crippen LogP contribution in [0.4, 0.5) is 0 Å². The van der Waals surface area contributed by atoms with Crippen LogP contribution >= 0.6 is 0 Å². The van der Waals surface area contributed by atoms with Gasteiger partial charge in [0.25, 0.3) is 0 Å². The lowest BCUT2D eigenvalue weighted by molar-refractivity contribution is -0.144. The van der Waals surface area contributed by atoms with Crippen LogP contribution in [-0.4, -0.2) is 54.4 Å². The van der Waals surface area contributed by atoms with Crippen molar-refractivity contribution in [2.24, 2.45) is 11.8 Å². The average Bonchev–Trinajstić information content (AvgIpc) is 2.73. The summed E-state index contributed by atoms with van der Waals surface area (Å²) in [4.78, 5) is 18.2. The maximum atomic E-state index is 12.6. The molecule has 1 spiro atoms. The fraction of sp³-hybridized carbons (Fsp3) is 0.647. The second kappa shape index (κ2) is 5.72. The number of carbonyl (C=O) groups is 1. The van der Waals surface area contributed by atoms with Crippen LogP contribution < -0.4 is 4.74 Å². The first-order chi connectivity index (χ1) is 11.5. The molecule has 3 aliphatic rings. The lowest BCUT2D eigenvalue weighted by Crippen LogP contribution is -2.69. The molecular weight excluding hydrogens is 328 g/mol. The zero-order chi connectivity index (χ0) is 16.8. The molecule has 0 bridgehead atoms. The zero-order valence-electron chi connectivity index (χ0n) is 13.6. The van der Waals surface area contributed by atoms with Gasteiger partial charge < -0.3 is 9.64 Å². The number of hydrogen-bond acceptors (Lipinski definition) is 5. The maximum absolute atomic E-state index is 12.6. The van der Waals surface area contributed by atoms with Gasteiger partial charge in [-0.15, -0.1) is 0 Å². The molecular formula is C17H22N2O4S. The number of pyridine rings is 1. The Morgan fingerprint density at radius 1 is 1.29 bits per heavy atom. The Labute approximate surface area is 142 Å². The van der Waals surface area contributed by atoms with E-state index in [1.165, 1.54) is 0 Å². The largest absolute Gasteiger partial charge is 0.477 e. The molecule has 2 aliphatic heterocycles. The molecule has 1 amide bonds. The first-order valence-corrected chi connectivity index (χ1v) is 10.2. The minimum atomic E-state index is -3.18. The van der Waals surface area contributed by atoms with Crippen LogP contribution in [0.2, 0.25) is 0 Å². The van der Waals surface area contributed by atoms with E-state index >= 15 is 0 Å². The van der Waals surface area contributed by atoms with Gasteiger partial charge in [-0.1, -0.05) is 12.5 Å². The lowest BCUT2D eigenvalue weighted by atomic mass is 9.79. The number of amides is 1. The summed E-state index contributed by atoms with van der Waals surface area (Å²) in [5.74, 6) is 0.885. The molecule has 0 unspecified atom stereocenters. The molecule has 1 aliphatic carbocycles. The second-order valence-corrected chi connectivity index (χ2v) is 9.62. The number of likely N-dealkylation sites (tertiary alicyclic amines) is 1. The summed E-state index contributed by atoms with van der Waals surface area (Å²) in [5, 5.41) is 0. The third kappa shape index (κ3) is 2.41. The molecule has 7 heteroatoms. The van der Waals surface area contributed by atoms with E-state index in [-0.39, 0.29) is 23.5 Å². The number of hydrogen-bond donors (Lipinski definition) is 0. The summed E-state index contributed by atoms with van der Waals surface area (Å²) < 4.78 is 30.1. The van der Waals surface area contributed by atoms with E-state index in [9.17, 15) is 13.2 Å². The Balaban J connectivity index is 1.44. The number of nitrogens with zero attached hydrogens (tertiary/aromatic N) is 2. The van der Waals surface area contributed by atoms with Crippen LogP contribution in [0.1, 0.15) is 25.7 Å². The third-order valence-electron chi connectivity index (χ3n) is 5.85. The topological polar surface area (TPSA) is 76.6 Å². The first-order valence-electron chi connectivity index (χ1n) is 8.57. The fourth-order valence-corrected chi connectivity index (χ4v) is 6.40. The van der Waals surface area contributed by atoms with Crippen molar-refractivity contribution in [1.82, 2.24) is 9.88 Å². The van der Waals surface area contributed by atoms with E-state index in [0.717, 1.165) is 19.3 Å². The summed E-state index contributed by atoms with van der Waals surface area (Å²) in [7, 11) is -3.18. The molecule has 130 valence electrons. The molecule has 1 aromatic heterocycles. The van der Waals surface area contributed by atoms with E-state index in [2.05, 4.69) is 4.98 Å². The summed E-state index contributed by atoms with van der Waals surface area (Å²) in [6.07, 6.45) is 5.25. The van der Waals surface area contributed by atoms with Crippen molar-refractivity contribution in [3.05, 3.63) is 24.4 Å². The number of ether oxygens (including phenoxy) is 1. The minimum Gasteiger partial charge on any atom is -0.477 e. The van der Waals surface area contributed by atoms with E-state index in [1.807, 2.05) is 12.1 Å². The van der Waals surface area contributed by atoms with Gasteiger partial charge in [-0.05, 0) is 25.3 Å². The van der Waals surface area contributed by atoms with Crippen LogP contribution in [0.3, 0.4) is 0 Å². The summed E-state index contributed by atoms with van der Waals surface area (Å²) in [5.41, 5.74) is 0. The summed E-state index contributed by atoms with van der Waals surface area (Å²) in [6, 6.07) is 5.42. The smallest absolute Gasteiger partial charge is 0.225 e. The van der Waals surface area contributed by atoms with Crippen LogP contribution in [0.25, 0.3) is 0 Å². The van der Waals surface area contributed by atoms with Crippen LogP contribution in [-0.2, 0) is 14.6 Å². The van der Waals surface area contributed by atoms with Gasteiger partial charge in [0.05, 0.1) is 12.4 Å². The predicted octanol–water partition coefficient (Wildman–Crippen LogP) is 1.28. The molecule has 3 fully saturated rings. The quantitative estimate of drug-likeness (QED) is 0.817. The van der Waals surface area contributed by atoms with Crippen molar-refractivity contribution in [1.29, 1.82) is 0 Å². The number of carbonyl (C=O) groups excluding carboxylic acids is 1. The molecule has 0 N–H and O–H groups in total. The predicted molar refractivity (Wildman–Crippen MR) is 88.3 cm³/mol. The molecule has 24 heavy (non-hydrogen) atoms. The van der Waals surface area contributed by atoms with Gasteiger partial charge in [0.1, 0.15) is 4.75 Å². The SMILES string of the molecule is O=C(C1CCC1)N1CC2(C1)[C@@H](COc1ccccn1)CCS2(=O)=O. The van der Waals surface area contributed by atoms with Gasteiger partial charge in [0, 0.05) is 37.2 Å². The van der Waals surface area contributed by atoms with Crippen molar-refractivity contribution in [2.45, 2.75) is 30.4 Å². The zero-order valence-corrected chi connectivity index (χ0v) is 14.4. The van der Waals surface area contributed by atoms with Gasteiger partial charge in [-0.3, -0.25) is 4.79 Å². The van der Waals surface area contributed by atoms with Gasteiger partial charge in [0.2, 0.25) is 11.8 Å². The highest BCUT2D eigenvalue weighted by atomic mass is 32.2. The summed E-state index contributed by atoms with van der Waals surface area (Å²) >= 11 is 0. The Morgan fingerprint density at radius 2 is 2.08 bits per heavy atom. The molecule has 0 radical (unpaired) electrons. The van der Waals surface area contributed by atoms with Crippen molar-refractivity contribution >= 4 is 15.7 Å². The van der Waals surface area contributed by atoms with Crippen molar-refractivity contribution < 1.29 is 17.9 Å². The highest BCUT2D eigenvalue weighted by Crippen LogP contribution is 2.46. The molecule has 1 saturated carbocycles. The molecule has 1 atom stereocenters. The van der Waals surface area contributed by atoms with Crippen LogP contribution in [0, 0.1) is 11.8 Å². The molecule has 4 rings (SSSR count). The van der Waals surface area contributed by atoms with E-state index in [0.29, 0.717) is 32.0 Å². The van der Waals surface area contributed by atoms with Gasteiger partial charge in [0.15, 0.2) is 9.84 Å². The number of rotatable bonds is 4. The van der Waals surface area contributed by atoms with E-state index < -0.39 is 14.6 Å². The second-order valence-electron chi connectivity index (χ2n) is 7.17. The summed E-state index contributed by atoms with van der Waals surface area (Å²) in [6.45, 7) is 1.00. The van der Waals surface area contributed by atoms with Crippen molar-refractivity contribution in [3.63, 3.8) is 0 Å². The van der Waals surface area contributed by atoms with Gasteiger partial charge >= 0.3 is 0 Å². The highest BCUT2D eigenvalue weighted by Gasteiger charge is 2.63. The number of sulfone groups is 1. The van der Waals surface area contributed by atoms with Crippen molar-refractivity contribution in [2.75, 3.05) is 25.4 Å². The molecule has 0 aromatic carbocycles. The highest BCUT2D eigenvalue weighted by molar-refractivity contribution is 7.93. The Morgan fingerprint density at radius 3 is 2.71 bits per heavy atom. The molecule has 6 nitrogen and oxygen atoms in total. The van der Waals surface area contributed by atoms with E-state index in [4.69, 9.17) is 4.74 Å². The van der Waals surface area contributed by atoms with Gasteiger partial charge in [-0.25, -0.2) is 13.4 Å². The normalized spacial score (nSPS) is 27.5. The average molecular weight is 350 g/mol. The molecule has 2 saturated heterocycles. The maximum Gasteiger partial charge on any atom is 0.225 e. The Bertz CT molecular complexity index is 724. The third-order valence-corrected chi connectivity index (χ3v) is 8.46. The first kappa shape index (κ1) is 15.9. The van der Waals surface area contributed by atoms with E-state index in [1.54, 1.807) is 17.2 Å². The lowest BCUT2D eigenvalue weighted by Gasteiger charge is -2.51. The standard InChI is InChI=1S/C17H22N2O4S/c20-16(13-4-3-5-13)19-11-17(12-19)14(7-9-24(17,21)22)10-23-15-6-1-2-8-18-15/h1-2,6,8,13-14H,3-5,7,9-12H2/t14-/m1/s1.